The van der Waals surface area contributed by atoms with Crippen molar-refractivity contribution in [2.45, 2.75) is 12.8 Å². The van der Waals surface area contributed by atoms with E-state index in [2.05, 4.69) is 9.97 Å². The number of rotatable bonds is 3. The van der Waals surface area contributed by atoms with Crippen LogP contribution in [0, 0.1) is 0 Å². The first kappa shape index (κ1) is 16.8. The first-order chi connectivity index (χ1) is 11.9. The Morgan fingerprint density at radius 2 is 2.12 bits per heavy atom. The summed E-state index contributed by atoms with van der Waals surface area (Å²) in [6.45, 7) is 1.76. The number of nitrogens with one attached hydrogen (secondary N) is 2. The van der Waals surface area contributed by atoms with Crippen molar-refractivity contribution in [3.05, 3.63) is 72.7 Å². The minimum absolute atomic E-state index is 0.0332. The topological polar surface area (TPSA) is 127 Å². The van der Waals surface area contributed by atoms with E-state index in [0.29, 0.717) is 10.6 Å². The molecule has 4 N–H and O–H groups in total. The van der Waals surface area contributed by atoms with Crippen molar-refractivity contribution in [1.82, 2.24) is 9.97 Å². The fraction of sp³-hybridized carbons (Fsp3) is 0.188. The minimum atomic E-state index is -0.901. The standard InChI is InChI=1S/C16H14ClN3O5/c1-2-24-15(22)10-9(7-4-3-5-8(17)6-7)11-13(21)19-16(23)20-14(11)25-12(10)18/h3-6,9H,2,18H2,1H3,(H2,19,20,21,23)/t9-/m1/s1. The fourth-order valence-electron chi connectivity index (χ4n) is 2.72. The zero-order chi connectivity index (χ0) is 18.1. The molecule has 1 aliphatic heterocycles. The number of nitrogens with two attached hydrogens (primary N) is 1. The van der Waals surface area contributed by atoms with Gasteiger partial charge in [0.25, 0.3) is 5.56 Å². The second-order valence-electron chi connectivity index (χ2n) is 5.24. The lowest BCUT2D eigenvalue weighted by Crippen LogP contribution is -2.35. The minimum Gasteiger partial charge on any atom is -0.462 e. The van der Waals surface area contributed by atoms with E-state index < -0.39 is 23.1 Å². The van der Waals surface area contributed by atoms with Crippen LogP contribution in [-0.4, -0.2) is 22.5 Å². The highest BCUT2D eigenvalue weighted by Crippen LogP contribution is 2.39. The summed E-state index contributed by atoms with van der Waals surface area (Å²) in [7, 11) is 0. The van der Waals surface area contributed by atoms with Gasteiger partial charge in [0.15, 0.2) is 0 Å². The maximum absolute atomic E-state index is 12.4. The Morgan fingerprint density at radius 1 is 1.36 bits per heavy atom. The first-order valence-electron chi connectivity index (χ1n) is 7.39. The molecule has 0 saturated carbocycles. The molecule has 0 aliphatic carbocycles. The lowest BCUT2D eigenvalue weighted by atomic mass is 9.84. The molecule has 0 spiro atoms. The molecule has 0 amide bonds. The van der Waals surface area contributed by atoms with Crippen LogP contribution in [0.1, 0.15) is 24.0 Å². The number of aromatic nitrogens is 2. The first-order valence-corrected chi connectivity index (χ1v) is 7.76. The molecule has 2 aromatic rings. The van der Waals surface area contributed by atoms with E-state index in [0.717, 1.165) is 0 Å². The maximum atomic E-state index is 12.4. The molecular weight excluding hydrogens is 350 g/mol. The zero-order valence-corrected chi connectivity index (χ0v) is 13.8. The van der Waals surface area contributed by atoms with Crippen LogP contribution in [-0.2, 0) is 9.53 Å². The van der Waals surface area contributed by atoms with E-state index in [1.807, 2.05) is 0 Å². The highest BCUT2D eigenvalue weighted by Gasteiger charge is 2.38. The number of fused-ring (bicyclic) bond motifs is 1. The summed E-state index contributed by atoms with van der Waals surface area (Å²) in [5.41, 5.74) is 4.97. The number of halogens is 1. The molecule has 1 aromatic heterocycles. The van der Waals surface area contributed by atoms with E-state index in [-0.39, 0.29) is 29.5 Å². The monoisotopic (exact) mass is 363 g/mol. The van der Waals surface area contributed by atoms with Gasteiger partial charge in [-0.2, -0.15) is 0 Å². The normalized spacial score (nSPS) is 16.2. The average molecular weight is 364 g/mol. The van der Waals surface area contributed by atoms with Gasteiger partial charge in [-0.1, -0.05) is 23.7 Å². The molecule has 3 rings (SSSR count). The molecule has 1 aromatic carbocycles. The van der Waals surface area contributed by atoms with Gasteiger partial charge in [-0.3, -0.25) is 14.8 Å². The van der Waals surface area contributed by atoms with Crippen molar-refractivity contribution < 1.29 is 14.3 Å². The molecule has 0 bridgehead atoms. The lowest BCUT2D eigenvalue weighted by molar-refractivity contribution is -0.139. The Labute approximate surface area is 146 Å². The number of hydrogen-bond donors (Lipinski definition) is 3. The van der Waals surface area contributed by atoms with Crippen LogP contribution in [0.25, 0.3) is 0 Å². The molecule has 130 valence electrons. The van der Waals surface area contributed by atoms with Crippen molar-refractivity contribution >= 4 is 17.6 Å². The van der Waals surface area contributed by atoms with Gasteiger partial charge in [0, 0.05) is 5.02 Å². The Balaban J connectivity index is 2.30. The van der Waals surface area contributed by atoms with Crippen LogP contribution in [0.3, 0.4) is 0 Å². The summed E-state index contributed by atoms with van der Waals surface area (Å²) in [6.07, 6.45) is 0. The van der Waals surface area contributed by atoms with E-state index in [1.165, 1.54) is 0 Å². The van der Waals surface area contributed by atoms with Crippen LogP contribution < -0.4 is 21.7 Å². The van der Waals surface area contributed by atoms with Crippen molar-refractivity contribution in [2.75, 3.05) is 6.61 Å². The maximum Gasteiger partial charge on any atom is 0.340 e. The number of esters is 1. The quantitative estimate of drug-likeness (QED) is 0.697. The summed E-state index contributed by atoms with van der Waals surface area (Å²) in [6, 6.07) is 6.60. The van der Waals surface area contributed by atoms with Gasteiger partial charge in [-0.25, -0.2) is 9.59 Å². The number of carbonyl (C=O) groups excluding carboxylic acids is 1. The molecule has 9 heteroatoms. The molecular formula is C16H14ClN3O5. The SMILES string of the molecule is CCOC(=O)C1=C(N)Oc2[nH]c(=O)[nH]c(=O)c2[C@@H]1c1cccc(Cl)c1. The summed E-state index contributed by atoms with van der Waals surface area (Å²) in [5, 5.41) is 0.410. The van der Waals surface area contributed by atoms with Crippen LogP contribution in [0.5, 0.6) is 5.88 Å². The van der Waals surface area contributed by atoms with Crippen LogP contribution in [0.15, 0.2) is 45.3 Å². The second-order valence-corrected chi connectivity index (χ2v) is 5.68. The van der Waals surface area contributed by atoms with Crippen molar-refractivity contribution in [3.8, 4) is 5.88 Å². The summed E-state index contributed by atoms with van der Waals surface area (Å²) < 4.78 is 10.3. The molecule has 0 fully saturated rings. The Morgan fingerprint density at radius 3 is 2.80 bits per heavy atom. The van der Waals surface area contributed by atoms with Gasteiger partial charge in [-0.05, 0) is 24.6 Å². The van der Waals surface area contributed by atoms with E-state index in [4.69, 9.17) is 26.8 Å². The fourth-order valence-corrected chi connectivity index (χ4v) is 2.91. The Kier molecular flexibility index (Phi) is 4.37. The molecule has 2 heterocycles. The van der Waals surface area contributed by atoms with E-state index in [9.17, 15) is 14.4 Å². The molecule has 8 nitrogen and oxygen atoms in total. The summed E-state index contributed by atoms with van der Waals surface area (Å²) >= 11 is 6.04. The number of carbonyl (C=O) groups is 1. The largest absolute Gasteiger partial charge is 0.462 e. The molecule has 0 unspecified atom stereocenters. The highest BCUT2D eigenvalue weighted by atomic mass is 35.5. The number of aromatic amines is 2. The number of H-pyrrole nitrogens is 2. The third kappa shape index (κ3) is 3.03. The molecule has 25 heavy (non-hydrogen) atoms. The smallest absolute Gasteiger partial charge is 0.340 e. The van der Waals surface area contributed by atoms with Crippen LogP contribution in [0.2, 0.25) is 5.02 Å². The predicted molar refractivity (Wildman–Crippen MR) is 89.5 cm³/mol. The van der Waals surface area contributed by atoms with Gasteiger partial charge in [0.2, 0.25) is 11.8 Å². The second kappa shape index (κ2) is 6.48. The summed E-state index contributed by atoms with van der Waals surface area (Å²) in [4.78, 5) is 40.8. The van der Waals surface area contributed by atoms with Gasteiger partial charge in [-0.15, -0.1) is 0 Å². The van der Waals surface area contributed by atoms with Crippen LogP contribution in [0.4, 0.5) is 0 Å². The average Bonchev–Trinajstić information content (AvgIpc) is 2.53. The zero-order valence-electron chi connectivity index (χ0n) is 13.1. The molecule has 0 saturated heterocycles. The molecule has 1 aliphatic rings. The lowest BCUT2D eigenvalue weighted by Gasteiger charge is -2.27. The third-order valence-electron chi connectivity index (χ3n) is 3.68. The molecule has 0 radical (unpaired) electrons. The summed E-state index contributed by atoms with van der Waals surface area (Å²) in [5.74, 6) is -2.00. The number of benzene rings is 1. The van der Waals surface area contributed by atoms with Crippen molar-refractivity contribution in [3.63, 3.8) is 0 Å². The Hall–Kier alpha value is -3.00. The van der Waals surface area contributed by atoms with E-state index in [1.54, 1.807) is 31.2 Å². The van der Waals surface area contributed by atoms with E-state index >= 15 is 0 Å². The van der Waals surface area contributed by atoms with Gasteiger partial charge >= 0.3 is 11.7 Å². The van der Waals surface area contributed by atoms with Gasteiger partial charge in [0.1, 0.15) is 5.57 Å². The number of ether oxygens (including phenoxy) is 2. The predicted octanol–water partition coefficient (Wildman–Crippen LogP) is 0.974. The van der Waals surface area contributed by atoms with Crippen molar-refractivity contribution in [1.29, 1.82) is 0 Å². The van der Waals surface area contributed by atoms with Crippen molar-refractivity contribution in [2.24, 2.45) is 5.73 Å². The molecule has 1 atom stereocenters. The third-order valence-corrected chi connectivity index (χ3v) is 3.91. The number of hydrogen-bond acceptors (Lipinski definition) is 6. The van der Waals surface area contributed by atoms with Gasteiger partial charge in [0.05, 0.1) is 18.1 Å². The highest BCUT2D eigenvalue weighted by molar-refractivity contribution is 6.30. The van der Waals surface area contributed by atoms with Gasteiger partial charge < -0.3 is 15.2 Å². The van der Waals surface area contributed by atoms with Crippen LogP contribution >= 0.6 is 11.6 Å². The Bertz CT molecular complexity index is 992.